The van der Waals surface area contributed by atoms with Crippen LogP contribution in [0.4, 0.5) is 0 Å². The maximum absolute atomic E-state index is 11.8. The fourth-order valence-corrected chi connectivity index (χ4v) is 2.64. The van der Waals surface area contributed by atoms with Gasteiger partial charge in [-0.05, 0) is 18.8 Å². The number of rotatable bonds is 2. The van der Waals surface area contributed by atoms with E-state index in [1.54, 1.807) is 20.3 Å². The molecule has 1 heterocycles. The molecule has 138 valence electrons. The lowest BCUT2D eigenvalue weighted by Gasteiger charge is -2.23. The largest absolute Gasteiger partial charge is 0.463 e. The molecule has 0 unspecified atom stereocenters. The molecule has 1 rings (SSSR count). The molecule has 0 saturated heterocycles. The number of methoxy groups -OCH3 is 2. The number of ether oxygens (including phenoxy) is 4. The average Bonchev–Trinajstić information content (AvgIpc) is 2.55. The molecule has 0 aliphatic carbocycles. The number of esters is 2. The van der Waals surface area contributed by atoms with E-state index in [0.29, 0.717) is 12.8 Å². The highest BCUT2D eigenvalue weighted by molar-refractivity contribution is 5.71. The van der Waals surface area contributed by atoms with Crippen molar-refractivity contribution in [2.75, 3.05) is 27.4 Å². The van der Waals surface area contributed by atoms with E-state index in [2.05, 4.69) is 0 Å². The minimum atomic E-state index is -0.278. The molecule has 24 heavy (non-hydrogen) atoms. The Kier molecular flexibility index (Phi) is 9.64. The maximum Gasteiger partial charge on any atom is 0.309 e. The summed E-state index contributed by atoms with van der Waals surface area (Å²) in [6, 6.07) is 0. The highest BCUT2D eigenvalue weighted by Crippen LogP contribution is 2.17. The molecule has 0 N–H and O–H groups in total. The molecule has 1 aliphatic heterocycles. The Morgan fingerprint density at radius 3 is 2.29 bits per heavy atom. The molecule has 6 nitrogen and oxygen atoms in total. The van der Waals surface area contributed by atoms with Crippen molar-refractivity contribution in [2.45, 2.75) is 51.7 Å². The van der Waals surface area contributed by atoms with E-state index in [9.17, 15) is 9.59 Å². The summed E-state index contributed by atoms with van der Waals surface area (Å²) in [5, 5.41) is 0. The Labute approximate surface area is 144 Å². The molecule has 0 aromatic rings. The summed E-state index contributed by atoms with van der Waals surface area (Å²) in [5.41, 5.74) is 0. The Balaban J connectivity index is 2.73. The fourth-order valence-electron chi connectivity index (χ4n) is 2.64. The summed E-state index contributed by atoms with van der Waals surface area (Å²) in [6.07, 6.45) is 5.32. The predicted octanol–water partition coefficient (Wildman–Crippen LogP) is 2.51. The van der Waals surface area contributed by atoms with Gasteiger partial charge in [-0.2, -0.15) is 0 Å². The van der Waals surface area contributed by atoms with Crippen molar-refractivity contribution in [3.8, 4) is 0 Å². The van der Waals surface area contributed by atoms with E-state index in [4.69, 9.17) is 18.9 Å². The zero-order valence-electron chi connectivity index (χ0n) is 15.2. The smallest absolute Gasteiger partial charge is 0.309 e. The monoisotopic (exact) mass is 342 g/mol. The van der Waals surface area contributed by atoms with Crippen LogP contribution in [0.1, 0.15) is 39.5 Å². The second-order valence-electron chi connectivity index (χ2n) is 6.28. The first-order chi connectivity index (χ1) is 11.5. The van der Waals surface area contributed by atoms with Gasteiger partial charge in [0.05, 0.1) is 18.6 Å². The van der Waals surface area contributed by atoms with Gasteiger partial charge in [-0.25, -0.2) is 0 Å². The molecular formula is C18H30O6. The quantitative estimate of drug-likeness (QED) is 0.567. The first kappa shape index (κ1) is 20.6. The second kappa shape index (κ2) is 11.2. The zero-order valence-corrected chi connectivity index (χ0v) is 15.2. The summed E-state index contributed by atoms with van der Waals surface area (Å²) in [7, 11) is 3.19. The van der Waals surface area contributed by atoms with Crippen LogP contribution >= 0.6 is 0 Å². The van der Waals surface area contributed by atoms with Crippen LogP contribution in [0.3, 0.4) is 0 Å². The second-order valence-corrected chi connectivity index (χ2v) is 6.28. The number of cyclic esters (lactones) is 2. The lowest BCUT2D eigenvalue weighted by molar-refractivity contribution is -0.148. The molecule has 0 aromatic carbocycles. The van der Waals surface area contributed by atoms with Crippen LogP contribution in [0.2, 0.25) is 0 Å². The van der Waals surface area contributed by atoms with E-state index < -0.39 is 0 Å². The van der Waals surface area contributed by atoms with E-state index in [1.165, 1.54) is 0 Å². The predicted molar refractivity (Wildman–Crippen MR) is 89.4 cm³/mol. The number of carbonyl (C=O) groups is 2. The zero-order chi connectivity index (χ0) is 17.9. The minimum Gasteiger partial charge on any atom is -0.463 e. The SMILES string of the molecule is CO[C@H]1COC(=O)C/C=C\[C@@H](C)[C@H](OC)COC(=O)CCC[C@@H]1C. The standard InChI is InChI=1S/C18H30O6/c1-13-7-5-9-17(19)24-12-16(22-4)14(2)8-6-10-18(20)23-11-15(13)21-3/h5,7,13-16H,6,8-12H2,1-4H3/b7-5-/t13-,14+,15-,16+/m1/s1. The van der Waals surface area contributed by atoms with Gasteiger partial charge < -0.3 is 18.9 Å². The van der Waals surface area contributed by atoms with Crippen LogP contribution in [0.5, 0.6) is 0 Å². The van der Waals surface area contributed by atoms with Gasteiger partial charge in [-0.1, -0.05) is 26.0 Å². The number of hydrogen-bond acceptors (Lipinski definition) is 6. The maximum atomic E-state index is 11.8. The Morgan fingerprint density at radius 1 is 1.00 bits per heavy atom. The summed E-state index contributed by atoms with van der Waals surface area (Å²) in [6.45, 7) is 4.42. The molecule has 0 amide bonds. The van der Waals surface area contributed by atoms with Crippen LogP contribution in [-0.2, 0) is 28.5 Å². The Hall–Kier alpha value is -1.40. The third kappa shape index (κ3) is 7.45. The van der Waals surface area contributed by atoms with Crippen LogP contribution in [0.15, 0.2) is 12.2 Å². The molecule has 0 aromatic heterocycles. The Morgan fingerprint density at radius 2 is 1.62 bits per heavy atom. The van der Waals surface area contributed by atoms with Gasteiger partial charge in [0.25, 0.3) is 0 Å². The summed E-state index contributed by atoms with van der Waals surface area (Å²) in [4.78, 5) is 23.7. The van der Waals surface area contributed by atoms with Gasteiger partial charge in [0.1, 0.15) is 13.2 Å². The summed E-state index contributed by atoms with van der Waals surface area (Å²) >= 11 is 0. The molecule has 4 atom stereocenters. The first-order valence-electron chi connectivity index (χ1n) is 8.51. The van der Waals surface area contributed by atoms with Crippen molar-refractivity contribution in [1.29, 1.82) is 0 Å². The molecule has 0 bridgehead atoms. The van der Waals surface area contributed by atoms with Crippen molar-refractivity contribution in [3.63, 3.8) is 0 Å². The van der Waals surface area contributed by atoms with Crippen molar-refractivity contribution in [3.05, 3.63) is 12.2 Å². The fraction of sp³-hybridized carbons (Fsp3) is 0.778. The highest BCUT2D eigenvalue weighted by Gasteiger charge is 2.21. The van der Waals surface area contributed by atoms with E-state index in [-0.39, 0.29) is 55.6 Å². The van der Waals surface area contributed by atoms with Crippen LogP contribution in [0, 0.1) is 11.8 Å². The van der Waals surface area contributed by atoms with E-state index in [0.717, 1.165) is 6.42 Å². The molecule has 6 heteroatoms. The molecule has 0 saturated carbocycles. The molecule has 0 fully saturated rings. The highest BCUT2D eigenvalue weighted by atomic mass is 16.6. The van der Waals surface area contributed by atoms with Gasteiger partial charge in [0.2, 0.25) is 0 Å². The minimum absolute atomic E-state index is 0.0234. The van der Waals surface area contributed by atoms with Gasteiger partial charge in [-0.15, -0.1) is 0 Å². The van der Waals surface area contributed by atoms with Gasteiger partial charge in [-0.3, -0.25) is 9.59 Å². The lowest BCUT2D eigenvalue weighted by atomic mass is 9.98. The van der Waals surface area contributed by atoms with Gasteiger partial charge in [0.15, 0.2) is 0 Å². The van der Waals surface area contributed by atoms with Crippen molar-refractivity contribution in [1.82, 2.24) is 0 Å². The summed E-state index contributed by atoms with van der Waals surface area (Å²) < 4.78 is 21.4. The topological polar surface area (TPSA) is 71.1 Å². The van der Waals surface area contributed by atoms with Crippen molar-refractivity contribution >= 4 is 11.9 Å². The van der Waals surface area contributed by atoms with Gasteiger partial charge in [0, 0.05) is 26.6 Å². The van der Waals surface area contributed by atoms with Crippen LogP contribution in [-0.4, -0.2) is 51.6 Å². The third-order valence-corrected chi connectivity index (χ3v) is 4.41. The number of carbonyl (C=O) groups excluding carboxylic acids is 2. The normalized spacial score (nSPS) is 32.7. The van der Waals surface area contributed by atoms with Gasteiger partial charge >= 0.3 is 11.9 Å². The van der Waals surface area contributed by atoms with Crippen molar-refractivity contribution < 1.29 is 28.5 Å². The molecule has 1 aliphatic rings. The van der Waals surface area contributed by atoms with Crippen molar-refractivity contribution in [2.24, 2.45) is 11.8 Å². The molecular weight excluding hydrogens is 312 g/mol. The molecule has 0 spiro atoms. The van der Waals surface area contributed by atoms with E-state index >= 15 is 0 Å². The van der Waals surface area contributed by atoms with Crippen LogP contribution < -0.4 is 0 Å². The average molecular weight is 342 g/mol. The molecule has 0 radical (unpaired) electrons. The number of hydrogen-bond donors (Lipinski definition) is 0. The Bertz CT molecular complexity index is 420. The first-order valence-corrected chi connectivity index (χ1v) is 8.51. The van der Waals surface area contributed by atoms with Crippen LogP contribution in [0.25, 0.3) is 0 Å². The third-order valence-electron chi connectivity index (χ3n) is 4.41. The van der Waals surface area contributed by atoms with E-state index in [1.807, 2.05) is 19.9 Å². The lowest BCUT2D eigenvalue weighted by Crippen LogP contribution is -2.28. The summed E-state index contributed by atoms with van der Waals surface area (Å²) in [5.74, 6) is -0.283.